The summed E-state index contributed by atoms with van der Waals surface area (Å²) >= 11 is 1.24. The number of carbonyl (C=O) groups excluding carboxylic acids is 1. The number of hydrogen-bond donors (Lipinski definition) is 1. The molecule has 0 bridgehead atoms. The second-order valence-electron chi connectivity index (χ2n) is 4.42. The molecular formula is C16H16N2O2S. The van der Waals surface area contributed by atoms with Gasteiger partial charge in [0.05, 0.1) is 10.2 Å². The van der Waals surface area contributed by atoms with Gasteiger partial charge in [-0.25, -0.2) is 0 Å². The van der Waals surface area contributed by atoms with Gasteiger partial charge in [-0.2, -0.15) is 0 Å². The summed E-state index contributed by atoms with van der Waals surface area (Å²) in [7, 11) is 1.76. The Kier molecular flexibility index (Phi) is 4.90. The maximum Gasteiger partial charge on any atom is 0.305 e. The van der Waals surface area contributed by atoms with E-state index in [-0.39, 0.29) is 10.8 Å². The Morgan fingerprint density at radius 1 is 1.05 bits per heavy atom. The molecule has 5 heteroatoms. The van der Waals surface area contributed by atoms with Crippen LogP contribution in [0.1, 0.15) is 6.92 Å². The Hall–Kier alpha value is -2.40. The summed E-state index contributed by atoms with van der Waals surface area (Å²) in [4.78, 5) is 26.0. The van der Waals surface area contributed by atoms with Crippen LogP contribution >= 0.6 is 11.3 Å². The number of amides is 1. The SMILES string of the molecule is CC(=O)N(C)c1ccccc1.O=c1[nH]c2ccccc2s1. The number of aromatic amines is 1. The fourth-order valence-corrected chi connectivity index (χ4v) is 2.46. The lowest BCUT2D eigenvalue weighted by Gasteiger charge is -2.13. The Morgan fingerprint density at radius 2 is 1.67 bits per heavy atom. The summed E-state index contributed by atoms with van der Waals surface area (Å²) in [6.45, 7) is 1.55. The number of carbonyl (C=O) groups is 1. The fraction of sp³-hybridized carbons (Fsp3) is 0.125. The van der Waals surface area contributed by atoms with E-state index < -0.39 is 0 Å². The predicted molar refractivity (Wildman–Crippen MR) is 88.0 cm³/mol. The number of fused-ring (bicyclic) bond motifs is 1. The first-order valence-electron chi connectivity index (χ1n) is 6.45. The third-order valence-electron chi connectivity index (χ3n) is 2.94. The molecule has 3 aromatic rings. The number of rotatable bonds is 1. The first kappa shape index (κ1) is 15.0. The van der Waals surface area contributed by atoms with Crippen molar-refractivity contribution >= 4 is 33.1 Å². The average Bonchev–Trinajstić information content (AvgIpc) is 2.88. The lowest BCUT2D eigenvalue weighted by Crippen LogP contribution is -2.22. The number of nitrogens with one attached hydrogen (secondary N) is 1. The Labute approximate surface area is 126 Å². The van der Waals surface area contributed by atoms with Gasteiger partial charge in [0.1, 0.15) is 0 Å². The Morgan fingerprint density at radius 3 is 2.29 bits per heavy atom. The number of thiazole rings is 1. The molecular weight excluding hydrogens is 284 g/mol. The van der Waals surface area contributed by atoms with E-state index in [0.717, 1.165) is 15.9 Å². The van der Waals surface area contributed by atoms with Crippen LogP contribution in [0.3, 0.4) is 0 Å². The highest BCUT2D eigenvalue weighted by atomic mass is 32.1. The summed E-state index contributed by atoms with van der Waals surface area (Å²) in [6.07, 6.45) is 0. The van der Waals surface area contributed by atoms with E-state index in [0.29, 0.717) is 0 Å². The lowest BCUT2D eigenvalue weighted by molar-refractivity contribution is -0.116. The van der Waals surface area contributed by atoms with E-state index in [9.17, 15) is 9.59 Å². The van der Waals surface area contributed by atoms with Crippen molar-refractivity contribution in [2.75, 3.05) is 11.9 Å². The van der Waals surface area contributed by atoms with Gasteiger partial charge in [0.15, 0.2) is 0 Å². The topological polar surface area (TPSA) is 53.2 Å². The first-order valence-corrected chi connectivity index (χ1v) is 7.27. The van der Waals surface area contributed by atoms with Crippen molar-refractivity contribution in [2.24, 2.45) is 0 Å². The molecule has 0 saturated heterocycles. The average molecular weight is 300 g/mol. The highest BCUT2D eigenvalue weighted by Crippen LogP contribution is 2.12. The van der Waals surface area contributed by atoms with Crippen molar-refractivity contribution in [2.45, 2.75) is 6.92 Å². The standard InChI is InChI=1S/C9H11NO.C7H5NOS/c1-8(11)10(2)9-6-4-3-5-7-9;9-7-8-5-3-1-2-4-6(5)10-7/h3-7H,1-2H3;1-4H,(H,8,9). The molecule has 2 aromatic carbocycles. The van der Waals surface area contributed by atoms with Crippen molar-refractivity contribution in [3.63, 3.8) is 0 Å². The third-order valence-corrected chi connectivity index (χ3v) is 3.81. The van der Waals surface area contributed by atoms with E-state index >= 15 is 0 Å². The van der Waals surface area contributed by atoms with Crippen LogP contribution in [0, 0.1) is 0 Å². The Balaban J connectivity index is 0.000000154. The summed E-state index contributed by atoms with van der Waals surface area (Å²) < 4.78 is 1.02. The second-order valence-corrected chi connectivity index (χ2v) is 5.44. The highest BCUT2D eigenvalue weighted by Gasteiger charge is 2.02. The molecule has 0 spiro atoms. The molecule has 0 aliphatic carbocycles. The molecule has 0 aliphatic rings. The number of benzene rings is 2. The minimum absolute atomic E-state index is 0.0150. The number of hydrogen-bond acceptors (Lipinski definition) is 3. The van der Waals surface area contributed by atoms with Crippen LogP contribution in [0.5, 0.6) is 0 Å². The van der Waals surface area contributed by atoms with Crippen molar-refractivity contribution in [1.29, 1.82) is 0 Å². The molecule has 0 saturated carbocycles. The molecule has 1 amide bonds. The largest absolute Gasteiger partial charge is 0.316 e. The zero-order valence-corrected chi connectivity index (χ0v) is 12.7. The molecule has 1 N–H and O–H groups in total. The van der Waals surface area contributed by atoms with Gasteiger partial charge >= 0.3 is 4.87 Å². The minimum atomic E-state index is 0.0150. The molecule has 3 rings (SSSR count). The highest BCUT2D eigenvalue weighted by molar-refractivity contribution is 7.16. The van der Waals surface area contributed by atoms with E-state index in [1.54, 1.807) is 18.9 Å². The molecule has 108 valence electrons. The van der Waals surface area contributed by atoms with Gasteiger partial charge in [0.25, 0.3) is 0 Å². The van der Waals surface area contributed by atoms with Crippen LogP contribution in [0.4, 0.5) is 5.69 Å². The number of anilines is 1. The van der Waals surface area contributed by atoms with Gasteiger partial charge in [0.2, 0.25) is 5.91 Å². The van der Waals surface area contributed by atoms with Crippen LogP contribution in [-0.4, -0.2) is 17.9 Å². The molecule has 0 unspecified atom stereocenters. The molecule has 21 heavy (non-hydrogen) atoms. The summed E-state index contributed by atoms with van der Waals surface area (Å²) in [5, 5.41) is 0. The van der Waals surface area contributed by atoms with Crippen molar-refractivity contribution in [3.05, 3.63) is 64.3 Å². The number of H-pyrrole nitrogens is 1. The second kappa shape index (κ2) is 6.85. The van der Waals surface area contributed by atoms with Gasteiger partial charge in [0, 0.05) is 19.7 Å². The zero-order valence-electron chi connectivity index (χ0n) is 11.9. The molecule has 0 atom stereocenters. The summed E-state index contributed by atoms with van der Waals surface area (Å²) in [6, 6.07) is 17.2. The van der Waals surface area contributed by atoms with Crippen molar-refractivity contribution in [1.82, 2.24) is 4.98 Å². The van der Waals surface area contributed by atoms with Crippen LogP contribution in [-0.2, 0) is 4.79 Å². The smallest absolute Gasteiger partial charge is 0.305 e. The van der Waals surface area contributed by atoms with Gasteiger partial charge in [-0.15, -0.1) is 0 Å². The van der Waals surface area contributed by atoms with Gasteiger partial charge < -0.3 is 9.88 Å². The quantitative estimate of drug-likeness (QED) is 0.750. The van der Waals surface area contributed by atoms with Crippen molar-refractivity contribution < 1.29 is 4.79 Å². The molecule has 0 aliphatic heterocycles. The number of para-hydroxylation sites is 2. The van der Waals surface area contributed by atoms with E-state index in [1.807, 2.05) is 54.6 Å². The summed E-state index contributed by atoms with van der Waals surface area (Å²) in [5.41, 5.74) is 1.86. The number of nitrogens with zero attached hydrogens (tertiary/aromatic N) is 1. The monoisotopic (exact) mass is 300 g/mol. The van der Waals surface area contributed by atoms with Crippen LogP contribution in [0.2, 0.25) is 0 Å². The molecule has 4 nitrogen and oxygen atoms in total. The summed E-state index contributed by atoms with van der Waals surface area (Å²) in [5.74, 6) is 0.0520. The van der Waals surface area contributed by atoms with Crippen molar-refractivity contribution in [3.8, 4) is 0 Å². The van der Waals surface area contributed by atoms with E-state index in [4.69, 9.17) is 0 Å². The third kappa shape index (κ3) is 4.03. The normalized spacial score (nSPS) is 9.81. The van der Waals surface area contributed by atoms with Gasteiger partial charge in [-0.3, -0.25) is 9.59 Å². The lowest BCUT2D eigenvalue weighted by atomic mass is 10.3. The zero-order chi connectivity index (χ0) is 15.2. The maximum absolute atomic E-state index is 10.9. The van der Waals surface area contributed by atoms with Gasteiger partial charge in [-0.1, -0.05) is 41.7 Å². The maximum atomic E-state index is 10.9. The van der Waals surface area contributed by atoms with Gasteiger partial charge in [-0.05, 0) is 24.3 Å². The first-order chi connectivity index (χ1) is 10.1. The molecule has 1 heterocycles. The van der Waals surface area contributed by atoms with Crippen LogP contribution < -0.4 is 9.77 Å². The molecule has 0 radical (unpaired) electrons. The Bertz CT molecular complexity index is 741. The molecule has 1 aromatic heterocycles. The minimum Gasteiger partial charge on any atom is -0.316 e. The number of aromatic nitrogens is 1. The predicted octanol–water partition coefficient (Wildman–Crippen LogP) is 3.26. The van der Waals surface area contributed by atoms with Crippen LogP contribution in [0.15, 0.2) is 59.4 Å². The fourth-order valence-electron chi connectivity index (χ4n) is 1.73. The van der Waals surface area contributed by atoms with E-state index in [2.05, 4.69) is 4.98 Å². The van der Waals surface area contributed by atoms with Crippen LogP contribution in [0.25, 0.3) is 10.2 Å². The van der Waals surface area contributed by atoms with E-state index in [1.165, 1.54) is 11.3 Å². The molecule has 0 fully saturated rings.